The summed E-state index contributed by atoms with van der Waals surface area (Å²) in [4.78, 5) is 12.2. The number of aromatic nitrogens is 2. The number of para-hydroxylation sites is 1. The van der Waals surface area contributed by atoms with Gasteiger partial charge < -0.3 is 4.74 Å². The second kappa shape index (κ2) is 9.03. The fourth-order valence-corrected chi connectivity index (χ4v) is 3.16. The molecule has 0 aliphatic carbocycles. The highest BCUT2D eigenvalue weighted by atomic mass is 35.5. The largest absolute Gasteiger partial charge is 0.444 e. The van der Waals surface area contributed by atoms with E-state index in [9.17, 15) is 4.79 Å². The van der Waals surface area contributed by atoms with Crippen LogP contribution in [0.5, 0.6) is 0 Å². The van der Waals surface area contributed by atoms with Crippen LogP contribution in [0.3, 0.4) is 0 Å². The Bertz CT molecular complexity index is 1140. The molecule has 0 aliphatic heterocycles. The first kappa shape index (κ1) is 20.0. The molecule has 1 amide bonds. The standard InChI is InChI=1S/C23H17Cl2N3O2/c24-18-8-6-16(7-9-18)22-17(14-28(27-22)21-4-2-1-3-5-21)15-30-23(29)26-20-12-10-19(25)11-13-20/h1-14H,15H2,(H,26,29). The molecule has 1 N–H and O–H groups in total. The van der Waals surface area contributed by atoms with Crippen molar-refractivity contribution in [1.29, 1.82) is 0 Å². The summed E-state index contributed by atoms with van der Waals surface area (Å²) in [6, 6.07) is 23.9. The van der Waals surface area contributed by atoms with Crippen molar-refractivity contribution in [2.24, 2.45) is 0 Å². The Balaban J connectivity index is 1.56. The molecule has 0 aliphatic rings. The molecule has 0 unspecified atom stereocenters. The van der Waals surface area contributed by atoms with Crippen molar-refractivity contribution in [2.45, 2.75) is 6.61 Å². The zero-order chi connectivity index (χ0) is 20.9. The fourth-order valence-electron chi connectivity index (χ4n) is 2.91. The SMILES string of the molecule is O=C(Nc1ccc(Cl)cc1)OCc1cn(-c2ccccc2)nc1-c1ccc(Cl)cc1. The van der Waals surface area contributed by atoms with Crippen LogP contribution in [0, 0.1) is 0 Å². The number of hydrogen-bond donors (Lipinski definition) is 1. The van der Waals surface area contributed by atoms with Gasteiger partial charge in [0.05, 0.1) is 11.4 Å². The summed E-state index contributed by atoms with van der Waals surface area (Å²) in [5.74, 6) is 0. The number of hydrogen-bond acceptors (Lipinski definition) is 3. The van der Waals surface area contributed by atoms with Crippen LogP contribution in [0.2, 0.25) is 10.0 Å². The summed E-state index contributed by atoms with van der Waals surface area (Å²) in [5, 5.41) is 8.61. The Morgan fingerprint density at radius 2 is 1.53 bits per heavy atom. The smallest absolute Gasteiger partial charge is 0.411 e. The molecule has 30 heavy (non-hydrogen) atoms. The van der Waals surface area contributed by atoms with Crippen LogP contribution >= 0.6 is 23.2 Å². The van der Waals surface area contributed by atoms with E-state index in [4.69, 9.17) is 33.0 Å². The molecule has 0 fully saturated rings. The van der Waals surface area contributed by atoms with Crippen molar-refractivity contribution < 1.29 is 9.53 Å². The Hall–Kier alpha value is -3.28. The van der Waals surface area contributed by atoms with Gasteiger partial charge in [0.15, 0.2) is 0 Å². The number of nitrogens with zero attached hydrogens (tertiary/aromatic N) is 2. The van der Waals surface area contributed by atoms with Crippen molar-refractivity contribution in [2.75, 3.05) is 5.32 Å². The maximum absolute atomic E-state index is 12.2. The van der Waals surface area contributed by atoms with E-state index in [1.54, 1.807) is 41.1 Å². The highest BCUT2D eigenvalue weighted by Crippen LogP contribution is 2.26. The summed E-state index contributed by atoms with van der Waals surface area (Å²) in [7, 11) is 0. The van der Waals surface area contributed by atoms with Gasteiger partial charge >= 0.3 is 6.09 Å². The van der Waals surface area contributed by atoms with Gasteiger partial charge in [-0.3, -0.25) is 5.32 Å². The van der Waals surface area contributed by atoms with Gasteiger partial charge in [0.1, 0.15) is 6.61 Å². The van der Waals surface area contributed by atoms with E-state index in [-0.39, 0.29) is 6.61 Å². The van der Waals surface area contributed by atoms with Crippen molar-refractivity contribution in [3.63, 3.8) is 0 Å². The zero-order valence-electron chi connectivity index (χ0n) is 15.8. The molecule has 4 rings (SSSR count). The van der Waals surface area contributed by atoms with Gasteiger partial charge in [-0.05, 0) is 48.5 Å². The number of anilines is 1. The number of halogens is 2. The summed E-state index contributed by atoms with van der Waals surface area (Å²) < 4.78 is 7.20. The summed E-state index contributed by atoms with van der Waals surface area (Å²) in [5.41, 5.74) is 3.87. The summed E-state index contributed by atoms with van der Waals surface area (Å²) >= 11 is 11.9. The molecule has 0 atom stereocenters. The number of rotatable bonds is 5. The first-order valence-corrected chi connectivity index (χ1v) is 9.93. The number of carbonyl (C=O) groups excluding carboxylic acids is 1. The molecule has 5 nitrogen and oxygen atoms in total. The Morgan fingerprint density at radius 1 is 0.900 bits per heavy atom. The molecule has 3 aromatic carbocycles. The van der Waals surface area contributed by atoms with E-state index in [2.05, 4.69) is 5.32 Å². The monoisotopic (exact) mass is 437 g/mol. The van der Waals surface area contributed by atoms with Crippen LogP contribution in [0.15, 0.2) is 85.1 Å². The predicted octanol–water partition coefficient (Wildman–Crippen LogP) is 6.59. The third kappa shape index (κ3) is 4.82. The lowest BCUT2D eigenvalue weighted by atomic mass is 10.1. The lowest BCUT2D eigenvalue weighted by molar-refractivity contribution is 0.155. The van der Waals surface area contributed by atoms with Gasteiger partial charge in [-0.15, -0.1) is 0 Å². The van der Waals surface area contributed by atoms with Gasteiger partial charge in [0, 0.05) is 33.1 Å². The fraction of sp³-hybridized carbons (Fsp3) is 0.0435. The molecule has 0 saturated heterocycles. The van der Waals surface area contributed by atoms with Gasteiger partial charge in [0.25, 0.3) is 0 Å². The molecule has 0 saturated carbocycles. The molecule has 0 spiro atoms. The third-order valence-electron chi connectivity index (χ3n) is 4.38. The van der Waals surface area contributed by atoms with Gasteiger partial charge in [-0.1, -0.05) is 53.5 Å². The van der Waals surface area contributed by atoms with Crippen molar-refractivity contribution in [1.82, 2.24) is 9.78 Å². The minimum Gasteiger partial charge on any atom is -0.444 e. The van der Waals surface area contributed by atoms with Crippen molar-refractivity contribution in [3.8, 4) is 16.9 Å². The topological polar surface area (TPSA) is 56.1 Å². The number of ether oxygens (including phenoxy) is 1. The van der Waals surface area contributed by atoms with E-state index in [0.29, 0.717) is 15.7 Å². The maximum atomic E-state index is 12.2. The molecular formula is C23H17Cl2N3O2. The average Bonchev–Trinajstić information content (AvgIpc) is 3.19. The van der Waals surface area contributed by atoms with Gasteiger partial charge in [-0.25, -0.2) is 9.48 Å². The van der Waals surface area contributed by atoms with Crippen molar-refractivity contribution >= 4 is 35.0 Å². The van der Waals surface area contributed by atoms with E-state index in [0.717, 1.165) is 22.5 Å². The third-order valence-corrected chi connectivity index (χ3v) is 4.88. The first-order chi connectivity index (χ1) is 14.6. The molecule has 150 valence electrons. The first-order valence-electron chi connectivity index (χ1n) is 9.18. The second-order valence-corrected chi connectivity index (χ2v) is 7.37. The highest BCUT2D eigenvalue weighted by molar-refractivity contribution is 6.30. The van der Waals surface area contributed by atoms with Crippen molar-refractivity contribution in [3.05, 3.63) is 101 Å². The van der Waals surface area contributed by atoms with Crippen LogP contribution in [0.1, 0.15) is 5.56 Å². The molecule has 4 aromatic rings. The average molecular weight is 438 g/mol. The molecule has 0 radical (unpaired) electrons. The van der Waals surface area contributed by atoms with E-state index < -0.39 is 6.09 Å². The lowest BCUT2D eigenvalue weighted by Gasteiger charge is -2.07. The minimum atomic E-state index is -0.563. The number of carbonyl (C=O) groups is 1. The molecule has 1 aromatic heterocycles. The molecule has 1 heterocycles. The zero-order valence-corrected chi connectivity index (χ0v) is 17.3. The van der Waals surface area contributed by atoms with E-state index >= 15 is 0 Å². The van der Waals surface area contributed by atoms with E-state index in [1.165, 1.54) is 0 Å². The van der Waals surface area contributed by atoms with Crippen LogP contribution in [0.4, 0.5) is 10.5 Å². The quantitative estimate of drug-likeness (QED) is 0.382. The Morgan fingerprint density at radius 3 is 2.20 bits per heavy atom. The maximum Gasteiger partial charge on any atom is 0.411 e. The van der Waals surface area contributed by atoms with Crippen LogP contribution in [0.25, 0.3) is 16.9 Å². The number of amides is 1. The molecule has 7 heteroatoms. The van der Waals surface area contributed by atoms with Crippen LogP contribution < -0.4 is 5.32 Å². The number of nitrogens with one attached hydrogen (secondary N) is 1. The molecule has 0 bridgehead atoms. The van der Waals surface area contributed by atoms with Crippen LogP contribution in [-0.2, 0) is 11.3 Å². The van der Waals surface area contributed by atoms with Crippen LogP contribution in [-0.4, -0.2) is 15.9 Å². The minimum absolute atomic E-state index is 0.0597. The number of benzene rings is 3. The Labute approximate surface area is 183 Å². The molecular weight excluding hydrogens is 421 g/mol. The predicted molar refractivity (Wildman–Crippen MR) is 119 cm³/mol. The normalized spacial score (nSPS) is 10.6. The summed E-state index contributed by atoms with van der Waals surface area (Å²) in [6.07, 6.45) is 1.29. The van der Waals surface area contributed by atoms with Gasteiger partial charge in [0.2, 0.25) is 0 Å². The van der Waals surface area contributed by atoms with Gasteiger partial charge in [-0.2, -0.15) is 5.10 Å². The van der Waals surface area contributed by atoms with E-state index in [1.807, 2.05) is 48.7 Å². The highest BCUT2D eigenvalue weighted by Gasteiger charge is 2.14. The summed E-state index contributed by atoms with van der Waals surface area (Å²) in [6.45, 7) is 0.0597. The second-order valence-electron chi connectivity index (χ2n) is 6.50. The lowest BCUT2D eigenvalue weighted by Crippen LogP contribution is -2.13. The Kier molecular flexibility index (Phi) is 6.02.